The summed E-state index contributed by atoms with van der Waals surface area (Å²) >= 11 is 0. The fourth-order valence-corrected chi connectivity index (χ4v) is 4.89. The minimum absolute atomic E-state index is 0. The van der Waals surface area contributed by atoms with Gasteiger partial charge in [0.1, 0.15) is 0 Å². The van der Waals surface area contributed by atoms with Crippen LogP contribution in [0.2, 0.25) is 0 Å². The number of likely N-dealkylation sites (tertiary alicyclic amines) is 3. The number of aliphatic imine (C=N–C) groups is 1. The summed E-state index contributed by atoms with van der Waals surface area (Å²) in [6, 6.07) is 0.271. The molecule has 0 radical (unpaired) electrons. The molecule has 3 rings (SSSR count). The second kappa shape index (κ2) is 12.3. The van der Waals surface area contributed by atoms with Crippen LogP contribution in [0.1, 0.15) is 51.9 Å². The van der Waals surface area contributed by atoms with E-state index in [1.165, 1.54) is 32.4 Å². The number of piperidine rings is 3. The summed E-state index contributed by atoms with van der Waals surface area (Å²) in [5.41, 5.74) is 6.44. The Bertz CT molecular complexity index is 554. The molecule has 3 aliphatic rings. The summed E-state index contributed by atoms with van der Waals surface area (Å²) in [4.78, 5) is 23.5. The van der Waals surface area contributed by atoms with E-state index >= 15 is 0 Å². The molecule has 0 aromatic heterocycles. The zero-order chi connectivity index (χ0) is 20.7. The lowest BCUT2D eigenvalue weighted by Crippen LogP contribution is -2.58. The third-order valence-electron chi connectivity index (χ3n) is 6.86. The summed E-state index contributed by atoms with van der Waals surface area (Å²) in [6.45, 7) is 9.09. The minimum atomic E-state index is -0.210. The molecule has 3 fully saturated rings. The van der Waals surface area contributed by atoms with Gasteiger partial charge in [-0.25, -0.2) is 4.79 Å². The number of guanidine groups is 1. The number of nitrogens with zero attached hydrogens (tertiary/aromatic N) is 4. The normalized spacial score (nSPS) is 24.2. The van der Waals surface area contributed by atoms with E-state index in [0.29, 0.717) is 25.7 Å². The number of carbonyl (C=O) groups is 1. The van der Waals surface area contributed by atoms with Gasteiger partial charge in [0.05, 0.1) is 13.2 Å². The number of nitrogens with one attached hydrogen (secondary N) is 1. The molecular weight excluding hydrogens is 495 g/mol. The van der Waals surface area contributed by atoms with Crippen LogP contribution in [-0.2, 0) is 4.74 Å². The minimum Gasteiger partial charge on any atom is -0.450 e. The van der Waals surface area contributed by atoms with Crippen molar-refractivity contribution in [1.82, 2.24) is 20.0 Å². The summed E-state index contributed by atoms with van der Waals surface area (Å²) < 4.78 is 5.09. The van der Waals surface area contributed by atoms with E-state index in [9.17, 15) is 4.79 Å². The molecule has 1 amide bonds. The number of hydrogen-bond acceptors (Lipinski definition) is 5. The van der Waals surface area contributed by atoms with Gasteiger partial charge < -0.3 is 25.6 Å². The van der Waals surface area contributed by atoms with E-state index in [4.69, 9.17) is 15.5 Å². The van der Waals surface area contributed by atoms with Crippen molar-refractivity contribution >= 4 is 36.0 Å². The number of nitrogens with two attached hydrogens (primary N) is 1. The Kier molecular flexibility index (Phi) is 10.4. The molecule has 0 unspecified atom stereocenters. The van der Waals surface area contributed by atoms with Gasteiger partial charge in [0, 0.05) is 24.7 Å². The highest BCUT2D eigenvalue weighted by Crippen LogP contribution is 2.31. The predicted molar refractivity (Wildman–Crippen MR) is 132 cm³/mol. The Hall–Kier alpha value is -0.810. The average molecular weight is 537 g/mol. The molecule has 3 N–H and O–H groups in total. The maximum atomic E-state index is 11.8. The highest BCUT2D eigenvalue weighted by atomic mass is 127. The average Bonchev–Trinajstić information content (AvgIpc) is 2.75. The molecule has 0 aromatic rings. The van der Waals surface area contributed by atoms with Crippen molar-refractivity contribution in [1.29, 1.82) is 0 Å². The highest BCUT2D eigenvalue weighted by Gasteiger charge is 2.39. The molecule has 30 heavy (non-hydrogen) atoms. The highest BCUT2D eigenvalue weighted by molar-refractivity contribution is 14.0. The second-order valence-corrected chi connectivity index (χ2v) is 8.88. The van der Waals surface area contributed by atoms with Crippen LogP contribution in [0.4, 0.5) is 4.79 Å². The molecule has 3 heterocycles. The van der Waals surface area contributed by atoms with E-state index in [-0.39, 0.29) is 41.7 Å². The summed E-state index contributed by atoms with van der Waals surface area (Å²) in [5.74, 6) is 0.551. The first kappa shape index (κ1) is 25.5. The van der Waals surface area contributed by atoms with Gasteiger partial charge in [-0.05, 0) is 78.7 Å². The Morgan fingerprint density at radius 3 is 2.33 bits per heavy atom. The molecule has 3 saturated heterocycles. The molecule has 0 aliphatic carbocycles. The molecule has 0 aromatic carbocycles. The first-order chi connectivity index (χ1) is 14.0. The molecule has 0 bridgehead atoms. The second-order valence-electron chi connectivity index (χ2n) is 8.88. The van der Waals surface area contributed by atoms with E-state index in [1.54, 1.807) is 4.90 Å². The van der Waals surface area contributed by atoms with E-state index < -0.39 is 0 Å². The molecular formula is C21H41IN6O2. The van der Waals surface area contributed by atoms with Gasteiger partial charge in [-0.1, -0.05) is 6.42 Å². The van der Waals surface area contributed by atoms with Gasteiger partial charge in [-0.3, -0.25) is 9.89 Å². The van der Waals surface area contributed by atoms with Crippen LogP contribution in [0.25, 0.3) is 0 Å². The molecule has 0 saturated carbocycles. The first-order valence-corrected chi connectivity index (χ1v) is 11.4. The van der Waals surface area contributed by atoms with Gasteiger partial charge in [0.25, 0.3) is 0 Å². The van der Waals surface area contributed by atoms with Crippen LogP contribution in [0, 0.1) is 0 Å². The van der Waals surface area contributed by atoms with E-state index in [0.717, 1.165) is 45.3 Å². The fraction of sp³-hybridized carbons (Fsp3) is 0.905. The SMILES string of the molecule is CCOC(=O)N1CCC(NC(N)=NCC2(N3CCCCC3)CCN(C)CC2)CC1.I. The number of hydrogen-bond donors (Lipinski definition) is 2. The Labute approximate surface area is 199 Å². The summed E-state index contributed by atoms with van der Waals surface area (Å²) in [6.07, 6.45) is 7.81. The monoisotopic (exact) mass is 536 g/mol. The molecule has 9 heteroatoms. The van der Waals surface area contributed by atoms with Gasteiger partial charge >= 0.3 is 6.09 Å². The maximum absolute atomic E-state index is 11.8. The summed E-state index contributed by atoms with van der Waals surface area (Å²) in [7, 11) is 2.21. The van der Waals surface area contributed by atoms with Gasteiger partial charge in [-0.15, -0.1) is 24.0 Å². The third kappa shape index (κ3) is 6.85. The van der Waals surface area contributed by atoms with Crippen molar-refractivity contribution in [3.63, 3.8) is 0 Å². The lowest BCUT2D eigenvalue weighted by atomic mass is 9.84. The van der Waals surface area contributed by atoms with Crippen LogP contribution in [0.3, 0.4) is 0 Å². The Morgan fingerprint density at radius 2 is 1.73 bits per heavy atom. The quantitative estimate of drug-likeness (QED) is 0.318. The van der Waals surface area contributed by atoms with Crippen molar-refractivity contribution in [2.75, 3.05) is 59.5 Å². The molecule has 174 valence electrons. The van der Waals surface area contributed by atoms with Gasteiger partial charge in [0.15, 0.2) is 5.96 Å². The van der Waals surface area contributed by atoms with Crippen molar-refractivity contribution in [2.24, 2.45) is 10.7 Å². The molecule has 8 nitrogen and oxygen atoms in total. The van der Waals surface area contributed by atoms with Gasteiger partial charge in [0.2, 0.25) is 0 Å². The number of halogens is 1. The third-order valence-corrected chi connectivity index (χ3v) is 6.86. The fourth-order valence-electron chi connectivity index (χ4n) is 4.89. The number of carbonyl (C=O) groups excluding carboxylic acids is 1. The Balaban J connectivity index is 0.00000320. The van der Waals surface area contributed by atoms with Crippen molar-refractivity contribution in [2.45, 2.75) is 63.5 Å². The van der Waals surface area contributed by atoms with Crippen LogP contribution < -0.4 is 11.1 Å². The zero-order valence-corrected chi connectivity index (χ0v) is 21.1. The molecule has 3 aliphatic heterocycles. The van der Waals surface area contributed by atoms with Crippen molar-refractivity contribution < 1.29 is 9.53 Å². The van der Waals surface area contributed by atoms with Crippen LogP contribution >= 0.6 is 24.0 Å². The summed E-state index contributed by atoms with van der Waals surface area (Å²) in [5, 5.41) is 3.40. The Morgan fingerprint density at radius 1 is 1.10 bits per heavy atom. The van der Waals surface area contributed by atoms with E-state index in [1.807, 2.05) is 6.92 Å². The predicted octanol–water partition coefficient (Wildman–Crippen LogP) is 2.08. The number of rotatable bonds is 5. The lowest BCUT2D eigenvalue weighted by Gasteiger charge is -2.49. The largest absolute Gasteiger partial charge is 0.450 e. The van der Waals surface area contributed by atoms with Crippen molar-refractivity contribution in [3.05, 3.63) is 0 Å². The lowest BCUT2D eigenvalue weighted by molar-refractivity contribution is 0.0208. The van der Waals surface area contributed by atoms with Crippen molar-refractivity contribution in [3.8, 4) is 0 Å². The standard InChI is InChI=1S/C21H40N6O2.HI/c1-3-29-20(28)26-13-7-18(8-14-26)24-19(22)23-17-21(9-15-25(2)16-10-21)27-11-5-4-6-12-27;/h18H,3-17H2,1-2H3,(H3,22,23,24);1H. The molecule has 0 spiro atoms. The first-order valence-electron chi connectivity index (χ1n) is 11.4. The van der Waals surface area contributed by atoms with Crippen LogP contribution in [0.15, 0.2) is 4.99 Å². The van der Waals surface area contributed by atoms with Crippen LogP contribution in [-0.4, -0.2) is 97.8 Å². The van der Waals surface area contributed by atoms with Crippen LogP contribution in [0.5, 0.6) is 0 Å². The zero-order valence-electron chi connectivity index (χ0n) is 18.8. The number of ether oxygens (including phenoxy) is 1. The molecule has 0 atom stereocenters. The topological polar surface area (TPSA) is 86.4 Å². The van der Waals surface area contributed by atoms with Gasteiger partial charge in [-0.2, -0.15) is 0 Å². The van der Waals surface area contributed by atoms with E-state index in [2.05, 4.69) is 22.2 Å². The number of amides is 1. The maximum Gasteiger partial charge on any atom is 0.409 e. The smallest absolute Gasteiger partial charge is 0.409 e.